The number of anilines is 2. The average molecular weight is 337 g/mol. The van der Waals surface area contributed by atoms with Crippen LogP contribution in [0.2, 0.25) is 0 Å². The molecule has 0 saturated carbocycles. The number of carbonyl (C=O) groups is 2. The van der Waals surface area contributed by atoms with Gasteiger partial charge in [-0.25, -0.2) is 0 Å². The van der Waals surface area contributed by atoms with Crippen LogP contribution in [-0.2, 0) is 4.79 Å². The highest BCUT2D eigenvalue weighted by atomic mass is 16.5. The number of amides is 2. The van der Waals surface area contributed by atoms with E-state index in [0.29, 0.717) is 22.7 Å². The van der Waals surface area contributed by atoms with Crippen molar-refractivity contribution >= 4 is 34.1 Å². The highest BCUT2D eigenvalue weighted by molar-refractivity contribution is 6.15. The van der Waals surface area contributed by atoms with Crippen LogP contribution in [0.3, 0.4) is 0 Å². The van der Waals surface area contributed by atoms with E-state index in [1.165, 1.54) is 6.92 Å². The summed E-state index contributed by atoms with van der Waals surface area (Å²) in [5.74, 6) is 0.284. The molecule has 0 bridgehead atoms. The predicted molar refractivity (Wildman–Crippen MR) is 98.3 cm³/mol. The van der Waals surface area contributed by atoms with Gasteiger partial charge in [-0.05, 0) is 43.3 Å². The molecule has 0 spiro atoms. The largest absolute Gasteiger partial charge is 0.496 e. The van der Waals surface area contributed by atoms with Crippen LogP contribution in [0, 0.1) is 6.92 Å². The number of aromatic nitrogens is 1. The Hall–Kier alpha value is -3.28. The van der Waals surface area contributed by atoms with E-state index in [-0.39, 0.29) is 11.8 Å². The molecular weight excluding hydrogens is 318 g/mol. The Morgan fingerprint density at radius 3 is 2.24 bits per heavy atom. The van der Waals surface area contributed by atoms with Crippen molar-refractivity contribution in [3.8, 4) is 5.75 Å². The fraction of sp³-hybridized carbons (Fsp3) is 0.158. The monoisotopic (exact) mass is 337 g/mol. The lowest BCUT2D eigenvalue weighted by molar-refractivity contribution is -0.114. The molecule has 128 valence electrons. The second kappa shape index (κ2) is 6.68. The zero-order valence-corrected chi connectivity index (χ0v) is 14.3. The minimum Gasteiger partial charge on any atom is -0.496 e. The molecule has 1 aromatic heterocycles. The fourth-order valence-corrected chi connectivity index (χ4v) is 2.83. The van der Waals surface area contributed by atoms with Gasteiger partial charge in [0.05, 0.1) is 23.6 Å². The Labute approximate surface area is 145 Å². The minimum absolute atomic E-state index is 0.140. The van der Waals surface area contributed by atoms with E-state index in [0.717, 1.165) is 16.6 Å². The molecule has 0 unspecified atom stereocenters. The third-order valence-electron chi connectivity index (χ3n) is 3.88. The van der Waals surface area contributed by atoms with E-state index >= 15 is 0 Å². The van der Waals surface area contributed by atoms with Gasteiger partial charge in [0.2, 0.25) is 5.91 Å². The lowest BCUT2D eigenvalue weighted by Gasteiger charge is -2.08. The first-order valence-corrected chi connectivity index (χ1v) is 7.84. The van der Waals surface area contributed by atoms with Gasteiger partial charge < -0.3 is 20.4 Å². The van der Waals surface area contributed by atoms with Crippen molar-refractivity contribution in [2.75, 3.05) is 17.7 Å². The van der Waals surface area contributed by atoms with E-state index in [2.05, 4.69) is 15.6 Å². The topological polar surface area (TPSA) is 83.2 Å². The van der Waals surface area contributed by atoms with Crippen LogP contribution in [0.15, 0.2) is 42.5 Å². The maximum Gasteiger partial charge on any atom is 0.258 e. The number of aryl methyl sites for hydroxylation is 1. The summed E-state index contributed by atoms with van der Waals surface area (Å²) in [4.78, 5) is 27.1. The van der Waals surface area contributed by atoms with Gasteiger partial charge in [-0.1, -0.05) is 6.07 Å². The Morgan fingerprint density at radius 2 is 1.64 bits per heavy atom. The summed E-state index contributed by atoms with van der Waals surface area (Å²) in [7, 11) is 1.58. The van der Waals surface area contributed by atoms with Crippen LogP contribution in [0.4, 0.5) is 11.4 Å². The van der Waals surface area contributed by atoms with Gasteiger partial charge in [0, 0.05) is 24.0 Å². The molecule has 2 amide bonds. The maximum atomic E-state index is 12.8. The first kappa shape index (κ1) is 16.6. The fourth-order valence-electron chi connectivity index (χ4n) is 2.83. The molecule has 0 aliphatic carbocycles. The number of hydrogen-bond donors (Lipinski definition) is 3. The summed E-state index contributed by atoms with van der Waals surface area (Å²) in [6, 6.07) is 12.6. The number of nitrogens with one attached hydrogen (secondary N) is 3. The highest BCUT2D eigenvalue weighted by Gasteiger charge is 2.19. The molecular formula is C19H19N3O3. The van der Waals surface area contributed by atoms with Gasteiger partial charge in [0.1, 0.15) is 5.75 Å². The quantitative estimate of drug-likeness (QED) is 0.679. The summed E-state index contributed by atoms with van der Waals surface area (Å²) in [5, 5.41) is 6.33. The van der Waals surface area contributed by atoms with Crippen LogP contribution >= 0.6 is 0 Å². The molecule has 2 aromatic carbocycles. The molecule has 0 aliphatic heterocycles. The molecule has 0 radical (unpaired) electrons. The lowest BCUT2D eigenvalue weighted by atomic mass is 10.1. The maximum absolute atomic E-state index is 12.8. The number of methoxy groups -OCH3 is 1. The number of ether oxygens (including phenoxy) is 1. The molecule has 6 heteroatoms. The first-order valence-electron chi connectivity index (χ1n) is 7.84. The van der Waals surface area contributed by atoms with Crippen LogP contribution in [-0.4, -0.2) is 23.9 Å². The molecule has 3 rings (SSSR count). The molecule has 0 saturated heterocycles. The summed E-state index contributed by atoms with van der Waals surface area (Å²) in [6.07, 6.45) is 0. The minimum atomic E-state index is -0.222. The molecule has 0 atom stereocenters. The molecule has 3 aromatic rings. The Balaban J connectivity index is 1.90. The molecule has 25 heavy (non-hydrogen) atoms. The summed E-state index contributed by atoms with van der Waals surface area (Å²) >= 11 is 0. The number of hydrogen-bond acceptors (Lipinski definition) is 3. The van der Waals surface area contributed by atoms with Crippen molar-refractivity contribution < 1.29 is 14.3 Å². The third kappa shape index (κ3) is 3.33. The standard InChI is InChI=1S/C19H19N3O3/c1-11-17(18-15(20-11)5-4-6-16(18)25-3)19(24)22-14-9-7-13(8-10-14)21-12(2)23/h4-10,20H,1-3H3,(H,21,23)(H,22,24). The molecule has 1 heterocycles. The Kier molecular flexibility index (Phi) is 4.43. The van der Waals surface area contributed by atoms with Gasteiger partial charge in [-0.15, -0.1) is 0 Å². The first-order chi connectivity index (χ1) is 12.0. The number of aromatic amines is 1. The van der Waals surface area contributed by atoms with Crippen LogP contribution < -0.4 is 15.4 Å². The summed E-state index contributed by atoms with van der Waals surface area (Å²) in [6.45, 7) is 3.30. The smallest absolute Gasteiger partial charge is 0.258 e. The van der Waals surface area contributed by atoms with Crippen LogP contribution in [0.25, 0.3) is 10.9 Å². The van der Waals surface area contributed by atoms with Gasteiger partial charge >= 0.3 is 0 Å². The van der Waals surface area contributed by atoms with E-state index in [9.17, 15) is 9.59 Å². The third-order valence-corrected chi connectivity index (χ3v) is 3.88. The number of fused-ring (bicyclic) bond motifs is 1. The van der Waals surface area contributed by atoms with Gasteiger partial charge in [0.25, 0.3) is 5.91 Å². The molecule has 3 N–H and O–H groups in total. The average Bonchev–Trinajstić information content (AvgIpc) is 2.92. The van der Waals surface area contributed by atoms with Crippen molar-refractivity contribution in [1.82, 2.24) is 4.98 Å². The van der Waals surface area contributed by atoms with Gasteiger partial charge in [-0.3, -0.25) is 9.59 Å². The number of rotatable bonds is 4. The zero-order valence-electron chi connectivity index (χ0n) is 14.3. The Bertz CT molecular complexity index is 942. The van der Waals surface area contributed by atoms with E-state index in [1.807, 2.05) is 25.1 Å². The number of H-pyrrole nitrogens is 1. The second-order valence-electron chi connectivity index (χ2n) is 5.72. The summed E-state index contributed by atoms with van der Waals surface area (Å²) < 4.78 is 5.39. The van der Waals surface area contributed by atoms with Crippen molar-refractivity contribution in [1.29, 1.82) is 0 Å². The van der Waals surface area contributed by atoms with Crippen LogP contribution in [0.1, 0.15) is 23.0 Å². The number of carbonyl (C=O) groups excluding carboxylic acids is 2. The van der Waals surface area contributed by atoms with Crippen molar-refractivity contribution in [2.45, 2.75) is 13.8 Å². The highest BCUT2D eigenvalue weighted by Crippen LogP contribution is 2.31. The number of benzene rings is 2. The van der Waals surface area contributed by atoms with Crippen molar-refractivity contribution in [3.05, 3.63) is 53.7 Å². The SMILES string of the molecule is COc1cccc2[nH]c(C)c(C(=O)Nc3ccc(NC(C)=O)cc3)c12. The summed E-state index contributed by atoms with van der Waals surface area (Å²) in [5.41, 5.74) is 3.49. The Morgan fingerprint density at radius 1 is 1.00 bits per heavy atom. The molecule has 0 fully saturated rings. The van der Waals surface area contributed by atoms with Crippen molar-refractivity contribution in [2.24, 2.45) is 0 Å². The van der Waals surface area contributed by atoms with Gasteiger partial charge in [0.15, 0.2) is 0 Å². The van der Waals surface area contributed by atoms with E-state index in [4.69, 9.17) is 4.74 Å². The second-order valence-corrected chi connectivity index (χ2v) is 5.72. The zero-order chi connectivity index (χ0) is 18.0. The lowest BCUT2D eigenvalue weighted by Crippen LogP contribution is -2.13. The van der Waals surface area contributed by atoms with Crippen molar-refractivity contribution in [3.63, 3.8) is 0 Å². The van der Waals surface area contributed by atoms with Crippen LogP contribution in [0.5, 0.6) is 5.75 Å². The molecule has 6 nitrogen and oxygen atoms in total. The van der Waals surface area contributed by atoms with E-state index in [1.54, 1.807) is 31.4 Å². The van der Waals surface area contributed by atoms with E-state index < -0.39 is 0 Å². The normalized spacial score (nSPS) is 10.5. The molecule has 0 aliphatic rings. The predicted octanol–water partition coefficient (Wildman–Crippen LogP) is 3.70. The van der Waals surface area contributed by atoms with Gasteiger partial charge in [-0.2, -0.15) is 0 Å².